The highest BCUT2D eigenvalue weighted by molar-refractivity contribution is 9.10. The highest BCUT2D eigenvalue weighted by Crippen LogP contribution is 2.17. The zero-order valence-electron chi connectivity index (χ0n) is 12.4. The van der Waals surface area contributed by atoms with E-state index in [0.29, 0.717) is 12.1 Å². The number of carbonyl (C=O) groups excluding carboxylic acids is 1. The zero-order valence-corrected chi connectivity index (χ0v) is 14.0. The lowest BCUT2D eigenvalue weighted by Gasteiger charge is -2.12. The molecule has 3 heteroatoms. The molecule has 0 saturated carbocycles. The second-order valence-electron chi connectivity index (χ2n) is 4.97. The maximum atomic E-state index is 12.3. The van der Waals surface area contributed by atoms with E-state index in [1.807, 2.05) is 24.3 Å². The molecule has 0 heterocycles. The lowest BCUT2D eigenvalue weighted by molar-refractivity contribution is 0.0950. The topological polar surface area (TPSA) is 29.1 Å². The number of hydrogen-bond acceptors (Lipinski definition) is 1. The van der Waals surface area contributed by atoms with Gasteiger partial charge in [0.15, 0.2) is 0 Å². The average molecular weight is 346 g/mol. The summed E-state index contributed by atoms with van der Waals surface area (Å²) >= 11 is 3.41. The van der Waals surface area contributed by atoms with Crippen molar-refractivity contribution in [1.29, 1.82) is 0 Å². The lowest BCUT2D eigenvalue weighted by Crippen LogP contribution is -2.23. The second kappa shape index (κ2) is 7.41. The van der Waals surface area contributed by atoms with Gasteiger partial charge in [-0.25, -0.2) is 0 Å². The fourth-order valence-electron chi connectivity index (χ4n) is 2.32. The van der Waals surface area contributed by atoms with Crippen molar-refractivity contribution in [3.05, 3.63) is 69.2 Å². The van der Waals surface area contributed by atoms with E-state index < -0.39 is 0 Å². The molecule has 0 bridgehead atoms. The molecular formula is C18H20BrNO. The van der Waals surface area contributed by atoms with Crippen LogP contribution in [0.2, 0.25) is 0 Å². The molecular weight excluding hydrogens is 326 g/mol. The minimum Gasteiger partial charge on any atom is -0.348 e. The van der Waals surface area contributed by atoms with Crippen molar-refractivity contribution in [2.45, 2.75) is 33.2 Å². The normalized spacial score (nSPS) is 10.4. The standard InChI is InChI=1S/C18H20BrNO/c1-3-13-9-10-14(4-2)15(11-13)12-20-18(21)16-7-5-6-8-17(16)19/h5-11H,3-4,12H2,1-2H3,(H,20,21). The summed E-state index contributed by atoms with van der Waals surface area (Å²) in [6.07, 6.45) is 1.99. The molecule has 2 nitrogen and oxygen atoms in total. The fraction of sp³-hybridized carbons (Fsp3) is 0.278. The molecule has 0 saturated heterocycles. The molecule has 2 rings (SSSR count). The Balaban J connectivity index is 2.12. The number of amides is 1. The second-order valence-corrected chi connectivity index (χ2v) is 5.83. The summed E-state index contributed by atoms with van der Waals surface area (Å²) in [6, 6.07) is 14.0. The van der Waals surface area contributed by atoms with Crippen molar-refractivity contribution in [1.82, 2.24) is 5.32 Å². The van der Waals surface area contributed by atoms with Crippen molar-refractivity contribution in [3.63, 3.8) is 0 Å². The van der Waals surface area contributed by atoms with Crippen LogP contribution in [0.25, 0.3) is 0 Å². The zero-order chi connectivity index (χ0) is 15.2. The van der Waals surface area contributed by atoms with Gasteiger partial charge in [0.05, 0.1) is 5.56 Å². The Labute approximate surface area is 134 Å². The summed E-state index contributed by atoms with van der Waals surface area (Å²) in [7, 11) is 0. The van der Waals surface area contributed by atoms with Crippen LogP contribution in [0.15, 0.2) is 46.9 Å². The van der Waals surface area contributed by atoms with Crippen molar-refractivity contribution in [3.8, 4) is 0 Å². The van der Waals surface area contributed by atoms with Gasteiger partial charge in [-0.05, 0) is 57.6 Å². The van der Waals surface area contributed by atoms with Crippen LogP contribution < -0.4 is 5.32 Å². The molecule has 2 aromatic rings. The summed E-state index contributed by atoms with van der Waals surface area (Å²) in [5.41, 5.74) is 4.47. The summed E-state index contributed by atoms with van der Waals surface area (Å²) in [6.45, 7) is 4.85. The minimum atomic E-state index is -0.0496. The number of rotatable bonds is 5. The maximum Gasteiger partial charge on any atom is 0.252 e. The third-order valence-electron chi connectivity index (χ3n) is 3.62. The van der Waals surface area contributed by atoms with E-state index in [0.717, 1.165) is 17.3 Å². The van der Waals surface area contributed by atoms with E-state index >= 15 is 0 Å². The Kier molecular flexibility index (Phi) is 5.57. The van der Waals surface area contributed by atoms with Gasteiger partial charge in [0.25, 0.3) is 5.91 Å². The van der Waals surface area contributed by atoms with E-state index in [1.54, 1.807) is 0 Å². The monoisotopic (exact) mass is 345 g/mol. The van der Waals surface area contributed by atoms with Crippen LogP contribution in [-0.4, -0.2) is 5.91 Å². The van der Waals surface area contributed by atoms with Gasteiger partial charge in [-0.15, -0.1) is 0 Å². The van der Waals surface area contributed by atoms with Gasteiger partial charge < -0.3 is 5.32 Å². The smallest absolute Gasteiger partial charge is 0.252 e. The summed E-state index contributed by atoms with van der Waals surface area (Å²) in [4.78, 5) is 12.3. The van der Waals surface area contributed by atoms with Gasteiger partial charge in [-0.2, -0.15) is 0 Å². The van der Waals surface area contributed by atoms with Gasteiger partial charge in [0.2, 0.25) is 0 Å². The Morgan fingerprint density at radius 2 is 1.81 bits per heavy atom. The number of halogens is 1. The summed E-state index contributed by atoms with van der Waals surface area (Å²) < 4.78 is 0.820. The molecule has 0 aliphatic heterocycles. The third-order valence-corrected chi connectivity index (χ3v) is 4.31. The number of aryl methyl sites for hydroxylation is 2. The van der Waals surface area contributed by atoms with Crippen LogP contribution in [-0.2, 0) is 19.4 Å². The number of benzene rings is 2. The number of nitrogens with one attached hydrogen (secondary N) is 1. The molecule has 21 heavy (non-hydrogen) atoms. The molecule has 1 amide bonds. The predicted octanol–water partition coefficient (Wildman–Crippen LogP) is 4.50. The number of hydrogen-bond donors (Lipinski definition) is 1. The van der Waals surface area contributed by atoms with Crippen molar-refractivity contribution >= 4 is 21.8 Å². The first-order chi connectivity index (χ1) is 10.2. The molecule has 0 aliphatic rings. The fourth-order valence-corrected chi connectivity index (χ4v) is 2.79. The molecule has 110 valence electrons. The molecule has 0 radical (unpaired) electrons. The Morgan fingerprint density at radius 1 is 1.05 bits per heavy atom. The summed E-state index contributed by atoms with van der Waals surface area (Å²) in [5, 5.41) is 3.01. The molecule has 0 atom stereocenters. The molecule has 0 spiro atoms. The van der Waals surface area contributed by atoms with Gasteiger partial charge in [-0.3, -0.25) is 4.79 Å². The van der Waals surface area contributed by atoms with E-state index in [4.69, 9.17) is 0 Å². The van der Waals surface area contributed by atoms with Crippen LogP contribution in [0.1, 0.15) is 40.9 Å². The molecule has 0 fully saturated rings. The highest BCUT2D eigenvalue weighted by atomic mass is 79.9. The van der Waals surface area contributed by atoms with Crippen molar-refractivity contribution < 1.29 is 4.79 Å². The first kappa shape index (κ1) is 15.8. The quantitative estimate of drug-likeness (QED) is 0.848. The maximum absolute atomic E-state index is 12.3. The van der Waals surface area contributed by atoms with Gasteiger partial charge in [0.1, 0.15) is 0 Å². The highest BCUT2D eigenvalue weighted by Gasteiger charge is 2.10. The van der Waals surface area contributed by atoms with Crippen molar-refractivity contribution in [2.75, 3.05) is 0 Å². The van der Waals surface area contributed by atoms with E-state index in [1.165, 1.54) is 16.7 Å². The van der Waals surface area contributed by atoms with Crippen LogP contribution >= 0.6 is 15.9 Å². The predicted molar refractivity (Wildman–Crippen MR) is 90.5 cm³/mol. The minimum absolute atomic E-state index is 0.0496. The lowest BCUT2D eigenvalue weighted by atomic mass is 10.0. The molecule has 1 N–H and O–H groups in total. The number of carbonyl (C=O) groups is 1. The molecule has 0 unspecified atom stereocenters. The van der Waals surface area contributed by atoms with E-state index in [2.05, 4.69) is 53.3 Å². The SMILES string of the molecule is CCc1ccc(CC)c(CNC(=O)c2ccccc2Br)c1. The first-order valence-corrected chi connectivity index (χ1v) is 8.08. The van der Waals surface area contributed by atoms with Crippen molar-refractivity contribution in [2.24, 2.45) is 0 Å². The Bertz CT molecular complexity index is 637. The van der Waals surface area contributed by atoms with Crippen LogP contribution in [0.5, 0.6) is 0 Å². The summed E-state index contributed by atoms with van der Waals surface area (Å²) in [5.74, 6) is -0.0496. The average Bonchev–Trinajstić information content (AvgIpc) is 2.52. The third kappa shape index (κ3) is 3.94. The van der Waals surface area contributed by atoms with Crippen LogP contribution in [0, 0.1) is 0 Å². The Hall–Kier alpha value is -1.61. The van der Waals surface area contributed by atoms with Crippen LogP contribution in [0.4, 0.5) is 0 Å². The van der Waals surface area contributed by atoms with E-state index in [9.17, 15) is 4.79 Å². The molecule has 0 aromatic heterocycles. The first-order valence-electron chi connectivity index (χ1n) is 7.29. The van der Waals surface area contributed by atoms with Crippen LogP contribution in [0.3, 0.4) is 0 Å². The van der Waals surface area contributed by atoms with Gasteiger partial charge >= 0.3 is 0 Å². The van der Waals surface area contributed by atoms with Gasteiger partial charge in [0, 0.05) is 11.0 Å². The molecule has 2 aromatic carbocycles. The van der Waals surface area contributed by atoms with Gasteiger partial charge in [-0.1, -0.05) is 44.2 Å². The van der Waals surface area contributed by atoms with E-state index in [-0.39, 0.29) is 5.91 Å². The molecule has 0 aliphatic carbocycles. The largest absolute Gasteiger partial charge is 0.348 e. The Morgan fingerprint density at radius 3 is 2.48 bits per heavy atom.